The molecule has 0 bridgehead atoms. The highest BCUT2D eigenvalue weighted by Crippen LogP contribution is 2.26. The number of sulfonamides is 1. The standard InChI is InChI=1S/C38H52N10O12S2/c1-4-7-33(50)46-30(23-61(55,56)57)36(52)40-13-12-39-32(49)8-5-17-60-28-18-24(2)34(25(3)19-28)62(58,59)47-29(37(53)54)22-44-35(51)26-9-10-31-27(20-26)21-45-48(31)16-6-11-41-38-42-14-15-43-38/h9-10,14-15,18-21,29-30,47H,4-8,11-13,16-17,22-23H2,1-3H3,(H,39,49)(H,40,52)(H,44,51)(H,46,50)(H,53,54)(H2,41,42,43)(H,55,56,57)/t29-,30-/m0/s1. The van der Waals surface area contributed by atoms with Crippen LogP contribution in [0.2, 0.25) is 0 Å². The van der Waals surface area contributed by atoms with E-state index in [9.17, 15) is 45.9 Å². The zero-order valence-electron chi connectivity index (χ0n) is 34.4. The second-order valence-corrected chi connectivity index (χ2v) is 17.3. The summed E-state index contributed by atoms with van der Waals surface area (Å²) in [7, 11) is -8.98. The smallest absolute Gasteiger partial charge is 0.323 e. The molecular formula is C38H52N10O12S2. The minimum absolute atomic E-state index is 0.0123. The fraction of sp³-hybridized carbons (Fsp3) is 0.447. The lowest BCUT2D eigenvalue weighted by Crippen LogP contribution is -2.51. The van der Waals surface area contributed by atoms with Crippen molar-refractivity contribution in [3.05, 3.63) is 65.6 Å². The van der Waals surface area contributed by atoms with Gasteiger partial charge in [0, 0.05) is 68.9 Å². The zero-order valence-corrected chi connectivity index (χ0v) is 36.0. The summed E-state index contributed by atoms with van der Waals surface area (Å²) in [5.41, 5.74) is 1.54. The molecule has 0 aliphatic heterocycles. The van der Waals surface area contributed by atoms with Crippen molar-refractivity contribution >= 4 is 66.6 Å². The molecule has 4 rings (SSSR count). The number of ether oxygens (including phenoxy) is 1. The van der Waals surface area contributed by atoms with Crippen molar-refractivity contribution in [2.75, 3.05) is 43.9 Å². The highest BCUT2D eigenvalue weighted by Gasteiger charge is 2.29. The summed E-state index contributed by atoms with van der Waals surface area (Å²) < 4.78 is 68.4. The molecule has 62 heavy (non-hydrogen) atoms. The molecule has 0 radical (unpaired) electrons. The van der Waals surface area contributed by atoms with E-state index >= 15 is 0 Å². The van der Waals surface area contributed by atoms with Gasteiger partial charge in [0.15, 0.2) is 5.95 Å². The molecule has 0 unspecified atom stereocenters. The van der Waals surface area contributed by atoms with Gasteiger partial charge in [-0.15, -0.1) is 0 Å². The molecule has 0 spiro atoms. The number of hydrogen-bond acceptors (Lipinski definition) is 13. The summed E-state index contributed by atoms with van der Waals surface area (Å²) in [5, 5.41) is 27.9. The minimum Gasteiger partial charge on any atom is -0.494 e. The molecule has 0 aliphatic rings. The average molecular weight is 905 g/mol. The van der Waals surface area contributed by atoms with E-state index in [1.54, 1.807) is 48.4 Å². The van der Waals surface area contributed by atoms with Crippen molar-refractivity contribution in [3.8, 4) is 5.75 Å². The number of fused-ring (bicyclic) bond motifs is 1. The number of H-pyrrole nitrogens is 1. The van der Waals surface area contributed by atoms with Crippen molar-refractivity contribution in [3.63, 3.8) is 0 Å². The molecule has 24 heteroatoms. The van der Waals surface area contributed by atoms with Crippen molar-refractivity contribution in [2.45, 2.75) is 76.4 Å². The Labute approximate surface area is 358 Å². The Morgan fingerprint density at radius 2 is 1.63 bits per heavy atom. The molecule has 0 saturated carbocycles. The molecule has 2 heterocycles. The average Bonchev–Trinajstić information content (AvgIpc) is 3.87. The van der Waals surface area contributed by atoms with Gasteiger partial charge in [-0.2, -0.15) is 18.2 Å². The number of aromatic amines is 1. The number of imidazole rings is 1. The van der Waals surface area contributed by atoms with Gasteiger partial charge in [-0.3, -0.25) is 33.2 Å². The summed E-state index contributed by atoms with van der Waals surface area (Å²) in [6.07, 6.45) is 6.54. The Hall–Kier alpha value is -6.11. The van der Waals surface area contributed by atoms with E-state index in [2.05, 4.69) is 46.4 Å². The molecule has 2 aromatic heterocycles. The van der Waals surface area contributed by atoms with Crippen LogP contribution < -0.4 is 36.0 Å². The van der Waals surface area contributed by atoms with Gasteiger partial charge in [0.1, 0.15) is 23.6 Å². The highest BCUT2D eigenvalue weighted by atomic mass is 32.2. The van der Waals surface area contributed by atoms with E-state index in [0.717, 1.165) is 11.9 Å². The van der Waals surface area contributed by atoms with E-state index in [0.29, 0.717) is 36.6 Å². The quantitative estimate of drug-likeness (QED) is 0.0308. The number of carbonyl (C=O) groups excluding carboxylic acids is 4. The van der Waals surface area contributed by atoms with Crippen LogP contribution in [-0.2, 0) is 45.9 Å². The first kappa shape index (κ1) is 48.6. The van der Waals surface area contributed by atoms with Crippen LogP contribution in [0.4, 0.5) is 5.95 Å². The van der Waals surface area contributed by atoms with Gasteiger partial charge in [-0.25, -0.2) is 13.4 Å². The van der Waals surface area contributed by atoms with E-state index in [4.69, 9.17) is 9.29 Å². The minimum atomic E-state index is -4.57. The van der Waals surface area contributed by atoms with Crippen LogP contribution in [0.15, 0.2) is 53.8 Å². The molecule has 4 amide bonds. The Bertz CT molecular complexity index is 2400. The van der Waals surface area contributed by atoms with Crippen LogP contribution >= 0.6 is 0 Å². The van der Waals surface area contributed by atoms with Crippen LogP contribution in [0.25, 0.3) is 10.9 Å². The summed E-state index contributed by atoms with van der Waals surface area (Å²) in [4.78, 5) is 68.7. The first-order valence-corrected chi connectivity index (χ1v) is 22.7. The SMILES string of the molecule is CCCC(=O)N[C@@H](CS(=O)(=O)O)C(=O)NCCNC(=O)CCCOc1cc(C)c(S(=O)(=O)N[C@@H](CNC(=O)c2ccc3c(cnn3CCCNc3ncc[nH]3)c2)C(=O)O)c(C)c1. The van der Waals surface area contributed by atoms with Crippen molar-refractivity contribution < 1.29 is 55.2 Å². The third-order valence-electron chi connectivity index (χ3n) is 9.08. The van der Waals surface area contributed by atoms with Crippen LogP contribution in [0.3, 0.4) is 0 Å². The lowest BCUT2D eigenvalue weighted by atomic mass is 10.1. The summed E-state index contributed by atoms with van der Waals surface area (Å²) in [6.45, 7) is 5.43. The number of carboxylic acids is 1. The molecule has 2 atom stereocenters. The first-order valence-electron chi connectivity index (χ1n) is 19.6. The molecule has 2 aromatic carbocycles. The molecule has 338 valence electrons. The largest absolute Gasteiger partial charge is 0.494 e. The van der Waals surface area contributed by atoms with Gasteiger partial charge in [0.25, 0.3) is 16.0 Å². The molecular weight excluding hydrogens is 853 g/mol. The highest BCUT2D eigenvalue weighted by molar-refractivity contribution is 7.89. The Morgan fingerprint density at radius 3 is 2.29 bits per heavy atom. The maximum absolute atomic E-state index is 13.5. The van der Waals surface area contributed by atoms with Gasteiger partial charge in [-0.1, -0.05) is 6.92 Å². The first-order chi connectivity index (χ1) is 29.4. The summed E-state index contributed by atoms with van der Waals surface area (Å²) >= 11 is 0. The Balaban J connectivity index is 1.22. The second kappa shape index (κ2) is 22.7. The molecule has 0 aliphatic carbocycles. The summed E-state index contributed by atoms with van der Waals surface area (Å²) in [5.74, 6) is -3.94. The number of carbonyl (C=O) groups is 5. The van der Waals surface area contributed by atoms with Crippen LogP contribution in [0, 0.1) is 13.8 Å². The molecule has 22 nitrogen and oxygen atoms in total. The van der Waals surface area contributed by atoms with Gasteiger partial charge >= 0.3 is 5.97 Å². The topological polar surface area (TPSA) is 322 Å². The van der Waals surface area contributed by atoms with Crippen LogP contribution in [-0.4, -0.2) is 126 Å². The lowest BCUT2D eigenvalue weighted by Gasteiger charge is -2.19. The Morgan fingerprint density at radius 1 is 0.903 bits per heavy atom. The number of nitrogens with zero attached hydrogens (tertiary/aromatic N) is 3. The number of carboxylic acid groups (broad SMARTS) is 1. The van der Waals surface area contributed by atoms with Gasteiger partial charge in [0.2, 0.25) is 27.7 Å². The lowest BCUT2D eigenvalue weighted by molar-refractivity contribution is -0.138. The molecule has 9 N–H and O–H groups in total. The van der Waals surface area contributed by atoms with E-state index in [-0.39, 0.29) is 66.5 Å². The van der Waals surface area contributed by atoms with Crippen LogP contribution in [0.1, 0.15) is 60.5 Å². The van der Waals surface area contributed by atoms with E-state index < -0.39 is 68.2 Å². The number of aromatic nitrogens is 4. The molecule has 0 saturated heterocycles. The monoisotopic (exact) mass is 904 g/mol. The van der Waals surface area contributed by atoms with E-state index in [1.165, 1.54) is 26.0 Å². The van der Waals surface area contributed by atoms with E-state index in [1.807, 2.05) is 0 Å². The van der Waals surface area contributed by atoms with Gasteiger partial charge < -0.3 is 41.4 Å². The number of aliphatic carboxylic acids is 1. The molecule has 0 fully saturated rings. The predicted molar refractivity (Wildman–Crippen MR) is 225 cm³/mol. The number of nitrogens with one attached hydrogen (secondary N) is 7. The normalized spacial score (nSPS) is 12.6. The van der Waals surface area contributed by atoms with Crippen LogP contribution in [0.5, 0.6) is 5.75 Å². The number of aryl methyl sites for hydroxylation is 3. The third-order valence-corrected chi connectivity index (χ3v) is 11.6. The van der Waals surface area contributed by atoms with Crippen molar-refractivity contribution in [2.24, 2.45) is 0 Å². The fourth-order valence-corrected chi connectivity index (χ4v) is 8.55. The van der Waals surface area contributed by atoms with Crippen molar-refractivity contribution in [1.29, 1.82) is 0 Å². The third kappa shape index (κ3) is 15.1. The van der Waals surface area contributed by atoms with Crippen molar-refractivity contribution in [1.82, 2.24) is 45.7 Å². The number of amides is 4. The number of anilines is 1. The zero-order chi connectivity index (χ0) is 45.5. The van der Waals surface area contributed by atoms with Gasteiger partial charge in [0.05, 0.1) is 23.2 Å². The number of benzene rings is 2. The fourth-order valence-electron chi connectivity index (χ4n) is 6.25. The van der Waals surface area contributed by atoms with Gasteiger partial charge in [-0.05, 0) is 74.6 Å². The number of rotatable bonds is 26. The second-order valence-electron chi connectivity index (χ2n) is 14.2. The number of hydrogen-bond donors (Lipinski definition) is 9. The summed E-state index contributed by atoms with van der Waals surface area (Å²) in [6, 6.07) is 4.61. The molecule has 4 aromatic rings. The predicted octanol–water partition coefficient (Wildman–Crippen LogP) is 0.604. The Kier molecular flexibility index (Phi) is 17.7. The maximum atomic E-state index is 13.5. The maximum Gasteiger partial charge on any atom is 0.323 e.